The molecule has 90 valence electrons. The maximum Gasteiger partial charge on any atom is 0.0951 e. The van der Waals surface area contributed by atoms with Crippen LogP contribution in [0, 0.1) is 13.8 Å². The molecule has 2 rings (SSSR count). The fourth-order valence-electron chi connectivity index (χ4n) is 1.87. The van der Waals surface area contributed by atoms with E-state index in [1.54, 1.807) is 0 Å². The van der Waals surface area contributed by atoms with Crippen LogP contribution in [0.2, 0.25) is 0 Å². The zero-order valence-corrected chi connectivity index (χ0v) is 10.3. The van der Waals surface area contributed by atoms with Crippen molar-refractivity contribution in [2.75, 3.05) is 0 Å². The van der Waals surface area contributed by atoms with E-state index in [2.05, 4.69) is 16.5 Å². The summed E-state index contributed by atoms with van der Waals surface area (Å²) in [5.74, 6) is 0. The summed E-state index contributed by atoms with van der Waals surface area (Å²) in [6, 6.07) is 9.77. The highest BCUT2D eigenvalue weighted by atomic mass is 16.3. The monoisotopic (exact) mass is 230 g/mol. The van der Waals surface area contributed by atoms with Gasteiger partial charge in [-0.25, -0.2) is 4.98 Å². The number of aliphatic hydroxyl groups is 1. The lowest BCUT2D eigenvalue weighted by Crippen LogP contribution is -2.05. The van der Waals surface area contributed by atoms with E-state index in [0.29, 0.717) is 6.42 Å². The quantitative estimate of drug-likeness (QED) is 0.876. The minimum absolute atomic E-state index is 0.404. The van der Waals surface area contributed by atoms with Crippen molar-refractivity contribution in [3.8, 4) is 0 Å². The third kappa shape index (κ3) is 2.74. The highest BCUT2D eigenvalue weighted by Crippen LogP contribution is 2.17. The molecule has 0 aliphatic heterocycles. The van der Waals surface area contributed by atoms with Gasteiger partial charge in [-0.15, -0.1) is 0 Å². The maximum absolute atomic E-state index is 10.0. The van der Waals surface area contributed by atoms with Gasteiger partial charge in [0, 0.05) is 12.2 Å². The van der Waals surface area contributed by atoms with Crippen molar-refractivity contribution in [1.29, 1.82) is 0 Å². The average molecular weight is 230 g/mol. The SMILES string of the molecule is Cc1ncn(CCC(O)c2ccccc2)c1C. The van der Waals surface area contributed by atoms with E-state index in [4.69, 9.17) is 0 Å². The Labute approximate surface area is 102 Å². The third-order valence-electron chi connectivity index (χ3n) is 3.17. The van der Waals surface area contributed by atoms with E-state index < -0.39 is 6.10 Å². The molecule has 1 heterocycles. The molecule has 3 nitrogen and oxygen atoms in total. The molecule has 0 radical (unpaired) electrons. The number of rotatable bonds is 4. The summed E-state index contributed by atoms with van der Waals surface area (Å²) in [6.45, 7) is 4.85. The molecule has 0 saturated heterocycles. The average Bonchev–Trinajstić information content (AvgIpc) is 2.68. The number of imidazole rings is 1. The zero-order valence-electron chi connectivity index (χ0n) is 10.3. The van der Waals surface area contributed by atoms with Crippen LogP contribution in [0.4, 0.5) is 0 Å². The van der Waals surface area contributed by atoms with Gasteiger partial charge in [0.05, 0.1) is 18.1 Å². The van der Waals surface area contributed by atoms with Gasteiger partial charge in [0.2, 0.25) is 0 Å². The molecule has 1 aromatic carbocycles. The molecule has 17 heavy (non-hydrogen) atoms. The van der Waals surface area contributed by atoms with Gasteiger partial charge in [-0.3, -0.25) is 0 Å². The molecule has 1 atom stereocenters. The Balaban J connectivity index is 1.97. The number of nitrogens with zero attached hydrogens (tertiary/aromatic N) is 2. The summed E-state index contributed by atoms with van der Waals surface area (Å²) >= 11 is 0. The molecule has 0 saturated carbocycles. The zero-order chi connectivity index (χ0) is 12.3. The summed E-state index contributed by atoms with van der Waals surface area (Å²) in [6.07, 6.45) is 2.14. The molecule has 0 aliphatic carbocycles. The van der Waals surface area contributed by atoms with E-state index in [1.165, 1.54) is 5.69 Å². The van der Waals surface area contributed by atoms with Crippen molar-refractivity contribution < 1.29 is 5.11 Å². The second kappa shape index (κ2) is 5.15. The van der Waals surface area contributed by atoms with Crippen LogP contribution in [0.15, 0.2) is 36.7 Å². The Kier molecular flexibility index (Phi) is 3.59. The summed E-state index contributed by atoms with van der Waals surface area (Å²) in [4.78, 5) is 4.25. The van der Waals surface area contributed by atoms with Gasteiger partial charge in [0.15, 0.2) is 0 Å². The Morgan fingerprint density at radius 1 is 1.24 bits per heavy atom. The second-order valence-electron chi connectivity index (χ2n) is 4.32. The molecule has 3 heteroatoms. The van der Waals surface area contributed by atoms with Crippen LogP contribution in [-0.2, 0) is 6.54 Å². The van der Waals surface area contributed by atoms with Crippen LogP contribution >= 0.6 is 0 Å². The highest BCUT2D eigenvalue weighted by molar-refractivity contribution is 5.17. The summed E-state index contributed by atoms with van der Waals surface area (Å²) in [5, 5.41) is 10.0. The molecule has 1 unspecified atom stereocenters. The molecular formula is C14H18N2O. The Morgan fingerprint density at radius 3 is 2.53 bits per heavy atom. The molecule has 0 amide bonds. The second-order valence-corrected chi connectivity index (χ2v) is 4.32. The molecule has 0 spiro atoms. The summed E-state index contributed by atoms with van der Waals surface area (Å²) in [7, 11) is 0. The van der Waals surface area contributed by atoms with Crippen LogP contribution in [-0.4, -0.2) is 14.7 Å². The smallest absolute Gasteiger partial charge is 0.0951 e. The summed E-state index contributed by atoms with van der Waals surface area (Å²) < 4.78 is 2.08. The fraction of sp³-hybridized carbons (Fsp3) is 0.357. The predicted octanol–water partition coefficient (Wildman–Crippen LogP) is 2.62. The van der Waals surface area contributed by atoms with E-state index in [-0.39, 0.29) is 0 Å². The van der Waals surface area contributed by atoms with Gasteiger partial charge in [0.1, 0.15) is 0 Å². The molecule has 1 aromatic heterocycles. The minimum Gasteiger partial charge on any atom is -0.388 e. The van der Waals surface area contributed by atoms with E-state index in [9.17, 15) is 5.11 Å². The first kappa shape index (κ1) is 11.9. The van der Waals surface area contributed by atoms with E-state index in [1.807, 2.05) is 43.6 Å². The predicted molar refractivity (Wildman–Crippen MR) is 67.7 cm³/mol. The minimum atomic E-state index is -0.404. The van der Waals surface area contributed by atoms with Gasteiger partial charge in [0.25, 0.3) is 0 Å². The Hall–Kier alpha value is -1.61. The maximum atomic E-state index is 10.0. The van der Waals surface area contributed by atoms with E-state index in [0.717, 1.165) is 17.8 Å². The lowest BCUT2D eigenvalue weighted by Gasteiger charge is -2.12. The number of aryl methyl sites for hydroxylation is 2. The number of hydrogen-bond acceptors (Lipinski definition) is 2. The van der Waals surface area contributed by atoms with Gasteiger partial charge >= 0.3 is 0 Å². The van der Waals surface area contributed by atoms with Crippen LogP contribution in [0.25, 0.3) is 0 Å². The standard InChI is InChI=1S/C14H18N2O/c1-11-12(2)16(10-15-11)9-8-14(17)13-6-4-3-5-7-13/h3-7,10,14,17H,8-9H2,1-2H3. The highest BCUT2D eigenvalue weighted by Gasteiger charge is 2.08. The van der Waals surface area contributed by atoms with Crippen LogP contribution < -0.4 is 0 Å². The van der Waals surface area contributed by atoms with Gasteiger partial charge in [-0.1, -0.05) is 30.3 Å². The van der Waals surface area contributed by atoms with Crippen molar-refractivity contribution in [2.24, 2.45) is 0 Å². The first-order valence-corrected chi connectivity index (χ1v) is 5.90. The lowest BCUT2D eigenvalue weighted by atomic mass is 10.1. The van der Waals surface area contributed by atoms with Crippen molar-refractivity contribution in [3.05, 3.63) is 53.6 Å². The third-order valence-corrected chi connectivity index (χ3v) is 3.17. The van der Waals surface area contributed by atoms with Crippen LogP contribution in [0.5, 0.6) is 0 Å². The van der Waals surface area contributed by atoms with Crippen LogP contribution in [0.3, 0.4) is 0 Å². The summed E-state index contributed by atoms with van der Waals surface area (Å²) in [5.41, 5.74) is 3.20. The molecule has 2 aromatic rings. The number of aliphatic hydroxyl groups excluding tert-OH is 1. The number of hydrogen-bond donors (Lipinski definition) is 1. The first-order valence-electron chi connectivity index (χ1n) is 5.90. The Morgan fingerprint density at radius 2 is 1.94 bits per heavy atom. The molecule has 0 fully saturated rings. The van der Waals surface area contributed by atoms with Crippen molar-refractivity contribution in [3.63, 3.8) is 0 Å². The van der Waals surface area contributed by atoms with Crippen LogP contribution in [0.1, 0.15) is 29.5 Å². The van der Waals surface area contributed by atoms with Crippen molar-refractivity contribution in [2.45, 2.75) is 32.9 Å². The lowest BCUT2D eigenvalue weighted by molar-refractivity contribution is 0.161. The fourth-order valence-corrected chi connectivity index (χ4v) is 1.87. The molecule has 1 N–H and O–H groups in total. The van der Waals surface area contributed by atoms with Gasteiger partial charge in [-0.05, 0) is 25.8 Å². The van der Waals surface area contributed by atoms with E-state index >= 15 is 0 Å². The largest absolute Gasteiger partial charge is 0.388 e. The normalized spacial score (nSPS) is 12.6. The first-order chi connectivity index (χ1) is 8.18. The van der Waals surface area contributed by atoms with Gasteiger partial charge in [-0.2, -0.15) is 0 Å². The molecule has 0 bridgehead atoms. The number of benzene rings is 1. The van der Waals surface area contributed by atoms with Crippen molar-refractivity contribution in [1.82, 2.24) is 9.55 Å². The Bertz CT molecular complexity index is 476. The van der Waals surface area contributed by atoms with Gasteiger partial charge < -0.3 is 9.67 Å². The molecular weight excluding hydrogens is 212 g/mol. The molecule has 0 aliphatic rings. The topological polar surface area (TPSA) is 38.0 Å². The number of aromatic nitrogens is 2. The van der Waals surface area contributed by atoms with Crippen molar-refractivity contribution >= 4 is 0 Å².